The first kappa shape index (κ1) is 18.7. The number of benzene rings is 2. The van der Waals surface area contributed by atoms with Gasteiger partial charge in [0.25, 0.3) is 0 Å². The molecule has 0 atom stereocenters. The average molecular weight is 373 g/mol. The maximum absolute atomic E-state index is 12.6. The minimum Gasteiger partial charge on any atom is -0.326 e. The molecule has 1 amide bonds. The summed E-state index contributed by atoms with van der Waals surface area (Å²) >= 11 is 0. The van der Waals surface area contributed by atoms with Gasteiger partial charge in [-0.25, -0.2) is 4.68 Å². The molecule has 4 nitrogen and oxygen atoms in total. The number of rotatable bonds is 4. The number of hydrogen-bond donors (Lipinski definition) is 1. The fourth-order valence-electron chi connectivity index (χ4n) is 2.88. The third kappa shape index (κ3) is 4.75. The zero-order valence-corrected chi connectivity index (χ0v) is 14.8. The number of halogens is 3. The lowest BCUT2D eigenvalue weighted by Crippen LogP contribution is -2.14. The Balaban J connectivity index is 1.66. The van der Waals surface area contributed by atoms with Gasteiger partial charge in [-0.2, -0.15) is 18.3 Å². The Morgan fingerprint density at radius 1 is 1.04 bits per heavy atom. The van der Waals surface area contributed by atoms with E-state index in [9.17, 15) is 18.0 Å². The van der Waals surface area contributed by atoms with Crippen molar-refractivity contribution >= 4 is 11.6 Å². The molecule has 0 spiro atoms. The fourth-order valence-corrected chi connectivity index (χ4v) is 2.88. The van der Waals surface area contributed by atoms with Gasteiger partial charge in [-0.1, -0.05) is 29.3 Å². The molecular weight excluding hydrogens is 355 g/mol. The van der Waals surface area contributed by atoms with Crippen LogP contribution in [-0.2, 0) is 17.4 Å². The smallest absolute Gasteiger partial charge is 0.326 e. The molecule has 0 aliphatic rings. The van der Waals surface area contributed by atoms with Gasteiger partial charge in [0, 0.05) is 11.9 Å². The Bertz CT molecular complexity index is 939. The van der Waals surface area contributed by atoms with Crippen LogP contribution in [0.2, 0.25) is 0 Å². The molecular formula is C20H18F3N3O. The first-order chi connectivity index (χ1) is 12.7. The molecule has 1 N–H and O–H groups in total. The highest BCUT2D eigenvalue weighted by atomic mass is 19.4. The van der Waals surface area contributed by atoms with E-state index in [1.54, 1.807) is 24.3 Å². The van der Waals surface area contributed by atoms with Gasteiger partial charge in [0.2, 0.25) is 5.91 Å². The molecule has 0 saturated heterocycles. The second-order valence-electron chi connectivity index (χ2n) is 6.41. The van der Waals surface area contributed by atoms with Crippen LogP contribution in [0.15, 0.2) is 54.7 Å². The highest BCUT2D eigenvalue weighted by molar-refractivity contribution is 5.92. The zero-order valence-electron chi connectivity index (χ0n) is 14.8. The van der Waals surface area contributed by atoms with Crippen molar-refractivity contribution in [2.45, 2.75) is 26.4 Å². The van der Waals surface area contributed by atoms with Crippen LogP contribution in [0.5, 0.6) is 0 Å². The molecule has 7 heteroatoms. The van der Waals surface area contributed by atoms with Crippen LogP contribution in [0.3, 0.4) is 0 Å². The highest BCUT2D eigenvalue weighted by Gasteiger charge is 2.33. The standard InChI is InChI=1S/C20H18F3N3O/c1-13-9-14(2)11-15(10-13)12-19(27)24-16-3-5-17(6-4-16)26-8-7-18(25-26)20(21,22)23/h3-11H,12H2,1-2H3,(H,24,27). The first-order valence-electron chi connectivity index (χ1n) is 8.31. The summed E-state index contributed by atoms with van der Waals surface area (Å²) in [4.78, 5) is 12.2. The average Bonchev–Trinajstić information content (AvgIpc) is 3.04. The first-order valence-corrected chi connectivity index (χ1v) is 8.31. The second-order valence-corrected chi connectivity index (χ2v) is 6.41. The van der Waals surface area contributed by atoms with E-state index in [1.807, 2.05) is 32.0 Å². The topological polar surface area (TPSA) is 46.9 Å². The number of nitrogens with one attached hydrogen (secondary N) is 1. The van der Waals surface area contributed by atoms with Gasteiger partial charge in [0.15, 0.2) is 5.69 Å². The van der Waals surface area contributed by atoms with Gasteiger partial charge < -0.3 is 5.32 Å². The fraction of sp³-hybridized carbons (Fsp3) is 0.200. The largest absolute Gasteiger partial charge is 0.435 e. The van der Waals surface area contributed by atoms with Crippen LogP contribution >= 0.6 is 0 Å². The van der Waals surface area contributed by atoms with Crippen LogP contribution in [0.4, 0.5) is 18.9 Å². The maximum Gasteiger partial charge on any atom is 0.435 e. The lowest BCUT2D eigenvalue weighted by atomic mass is 10.0. The molecule has 0 fully saturated rings. The molecule has 1 heterocycles. The summed E-state index contributed by atoms with van der Waals surface area (Å²) in [5.74, 6) is -0.161. The third-order valence-electron chi connectivity index (χ3n) is 3.94. The van der Waals surface area contributed by atoms with Gasteiger partial charge in [-0.3, -0.25) is 4.79 Å². The number of nitrogens with zero attached hydrogens (tertiary/aromatic N) is 2. The summed E-state index contributed by atoms with van der Waals surface area (Å²) in [6.45, 7) is 3.96. The summed E-state index contributed by atoms with van der Waals surface area (Å²) < 4.78 is 39.0. The number of carbonyl (C=O) groups excluding carboxylic acids is 1. The Morgan fingerprint density at radius 2 is 1.67 bits per heavy atom. The summed E-state index contributed by atoms with van der Waals surface area (Å²) in [7, 11) is 0. The zero-order chi connectivity index (χ0) is 19.6. The molecule has 0 bridgehead atoms. The Hall–Kier alpha value is -3.09. The summed E-state index contributed by atoms with van der Waals surface area (Å²) in [5, 5.41) is 6.31. The van der Waals surface area contributed by atoms with E-state index >= 15 is 0 Å². The van der Waals surface area contributed by atoms with Crippen molar-refractivity contribution in [3.8, 4) is 5.69 Å². The molecule has 0 aliphatic carbocycles. The molecule has 0 radical (unpaired) electrons. The number of amides is 1. The number of hydrogen-bond acceptors (Lipinski definition) is 2. The number of aryl methyl sites for hydroxylation is 2. The Morgan fingerprint density at radius 3 is 2.22 bits per heavy atom. The predicted octanol–water partition coefficient (Wildman–Crippen LogP) is 4.69. The molecule has 0 unspecified atom stereocenters. The van der Waals surface area contributed by atoms with Gasteiger partial charge in [0.1, 0.15) is 0 Å². The number of aromatic nitrogens is 2. The number of alkyl halides is 3. The van der Waals surface area contributed by atoms with E-state index in [1.165, 1.54) is 6.20 Å². The predicted molar refractivity (Wildman–Crippen MR) is 96.8 cm³/mol. The molecule has 3 aromatic rings. The quantitative estimate of drug-likeness (QED) is 0.721. The SMILES string of the molecule is Cc1cc(C)cc(CC(=O)Nc2ccc(-n3ccc(C(F)(F)F)n3)cc2)c1. The van der Waals surface area contributed by atoms with Crippen LogP contribution in [0.25, 0.3) is 5.69 Å². The minimum atomic E-state index is -4.48. The monoisotopic (exact) mass is 373 g/mol. The minimum absolute atomic E-state index is 0.161. The van der Waals surface area contributed by atoms with Crippen molar-refractivity contribution in [1.82, 2.24) is 9.78 Å². The molecule has 0 aliphatic heterocycles. The molecule has 1 aromatic heterocycles. The van der Waals surface area contributed by atoms with E-state index in [2.05, 4.69) is 10.4 Å². The molecule has 0 saturated carbocycles. The van der Waals surface area contributed by atoms with E-state index in [4.69, 9.17) is 0 Å². The molecule has 3 rings (SSSR count). The third-order valence-corrected chi connectivity index (χ3v) is 3.94. The summed E-state index contributed by atoms with van der Waals surface area (Å²) in [5.41, 5.74) is 3.21. The van der Waals surface area contributed by atoms with Crippen molar-refractivity contribution in [3.05, 3.63) is 77.1 Å². The van der Waals surface area contributed by atoms with Crippen LogP contribution < -0.4 is 5.32 Å². The van der Waals surface area contributed by atoms with Crippen LogP contribution in [0.1, 0.15) is 22.4 Å². The van der Waals surface area contributed by atoms with Gasteiger partial charge >= 0.3 is 6.18 Å². The molecule has 27 heavy (non-hydrogen) atoms. The molecule has 140 valence electrons. The molecule has 2 aromatic carbocycles. The maximum atomic E-state index is 12.6. The van der Waals surface area contributed by atoms with Crippen molar-refractivity contribution in [2.24, 2.45) is 0 Å². The van der Waals surface area contributed by atoms with Gasteiger partial charge in [-0.05, 0) is 49.7 Å². The van der Waals surface area contributed by atoms with Crippen molar-refractivity contribution in [3.63, 3.8) is 0 Å². The van der Waals surface area contributed by atoms with Gasteiger partial charge in [0.05, 0.1) is 12.1 Å². The Labute approximate surface area is 154 Å². The highest BCUT2D eigenvalue weighted by Crippen LogP contribution is 2.28. The summed E-state index contributed by atoms with van der Waals surface area (Å²) in [6.07, 6.45) is -2.98. The van der Waals surface area contributed by atoms with Gasteiger partial charge in [-0.15, -0.1) is 0 Å². The van der Waals surface area contributed by atoms with Crippen LogP contribution in [-0.4, -0.2) is 15.7 Å². The van der Waals surface area contributed by atoms with Crippen LogP contribution in [0, 0.1) is 13.8 Å². The summed E-state index contributed by atoms with van der Waals surface area (Å²) in [6, 6.07) is 13.3. The Kier molecular flexibility index (Phi) is 5.03. The van der Waals surface area contributed by atoms with Crippen molar-refractivity contribution < 1.29 is 18.0 Å². The van der Waals surface area contributed by atoms with Crippen molar-refractivity contribution in [2.75, 3.05) is 5.32 Å². The van der Waals surface area contributed by atoms with Crippen molar-refractivity contribution in [1.29, 1.82) is 0 Å². The van der Waals surface area contributed by atoms with E-state index in [-0.39, 0.29) is 12.3 Å². The van der Waals surface area contributed by atoms with E-state index in [0.717, 1.165) is 27.4 Å². The number of anilines is 1. The lowest BCUT2D eigenvalue weighted by molar-refractivity contribution is -0.141. The van der Waals surface area contributed by atoms with E-state index < -0.39 is 11.9 Å². The lowest BCUT2D eigenvalue weighted by Gasteiger charge is -2.08. The normalized spacial score (nSPS) is 11.4. The second kappa shape index (κ2) is 7.26. The van der Waals surface area contributed by atoms with E-state index in [0.29, 0.717) is 11.4 Å². The number of carbonyl (C=O) groups is 1.